The third-order valence-corrected chi connectivity index (χ3v) is 7.46. The van der Waals surface area contributed by atoms with Crippen LogP contribution in [0.4, 0.5) is 4.79 Å². The number of carbonyl (C=O) groups is 1. The minimum absolute atomic E-state index is 0.112. The Kier molecular flexibility index (Phi) is 8.64. The highest BCUT2D eigenvalue weighted by Crippen LogP contribution is 2.39. The van der Waals surface area contributed by atoms with Crippen molar-refractivity contribution >= 4 is 39.9 Å². The van der Waals surface area contributed by atoms with Crippen LogP contribution in [-0.2, 0) is 20.3 Å². The molecule has 0 saturated carbocycles. The first-order chi connectivity index (χ1) is 15.7. The molecular weight excluding hydrogens is 458 g/mol. The van der Waals surface area contributed by atoms with Gasteiger partial charge in [0, 0.05) is 54.7 Å². The third kappa shape index (κ3) is 6.41. The SMILES string of the molecule is CC(C)OC(=O)N1CCC(CO/C(=C2\SC=C(c3ccc(S(C)=O)cc3)C2=N)N(C)C)CC1. The zero-order chi connectivity index (χ0) is 24.1. The number of nitrogens with zero attached hydrogens (tertiary/aromatic N) is 2. The molecule has 1 saturated heterocycles. The lowest BCUT2D eigenvalue weighted by molar-refractivity contribution is 0.0490. The molecule has 2 aliphatic heterocycles. The van der Waals surface area contributed by atoms with Crippen LogP contribution in [0.2, 0.25) is 0 Å². The van der Waals surface area contributed by atoms with Gasteiger partial charge >= 0.3 is 6.09 Å². The molecular formula is C24H33N3O4S2. The van der Waals surface area contributed by atoms with E-state index >= 15 is 0 Å². The molecule has 0 aromatic heterocycles. The fraction of sp³-hybridized carbons (Fsp3) is 0.500. The average Bonchev–Trinajstić information content (AvgIpc) is 3.14. The Morgan fingerprint density at radius 2 is 1.88 bits per heavy atom. The summed E-state index contributed by atoms with van der Waals surface area (Å²) in [6.07, 6.45) is 3.03. The zero-order valence-electron chi connectivity index (χ0n) is 19.9. The van der Waals surface area contributed by atoms with E-state index in [1.807, 2.05) is 62.5 Å². The highest BCUT2D eigenvalue weighted by molar-refractivity contribution is 8.07. The smallest absolute Gasteiger partial charge is 0.410 e. The van der Waals surface area contributed by atoms with Crippen LogP contribution in [0.15, 0.2) is 45.4 Å². The monoisotopic (exact) mass is 491 g/mol. The first-order valence-electron chi connectivity index (χ1n) is 11.1. The predicted octanol–water partition coefficient (Wildman–Crippen LogP) is 4.54. The van der Waals surface area contributed by atoms with Crippen molar-refractivity contribution in [1.82, 2.24) is 9.80 Å². The second-order valence-corrected chi connectivity index (χ2v) is 11.0. The first kappa shape index (κ1) is 25.4. The molecule has 0 spiro atoms. The summed E-state index contributed by atoms with van der Waals surface area (Å²) < 4.78 is 23.2. The molecule has 2 heterocycles. The largest absolute Gasteiger partial charge is 0.478 e. The van der Waals surface area contributed by atoms with Crippen molar-refractivity contribution in [3.8, 4) is 0 Å². The molecule has 33 heavy (non-hydrogen) atoms. The standard InChI is InChI=1S/C24H33N3O4S2/c1-16(2)31-24(28)27-12-10-17(11-13-27)14-30-23(26(3)4)22-21(25)20(15-32-22)18-6-8-19(9-7-18)33(5)29/h6-9,15-17,25H,10-14H2,1-5H3/b23-22-,25-21?. The van der Waals surface area contributed by atoms with Gasteiger partial charge in [-0.2, -0.15) is 0 Å². The summed E-state index contributed by atoms with van der Waals surface area (Å²) >= 11 is 1.49. The average molecular weight is 492 g/mol. The molecule has 1 aromatic carbocycles. The highest BCUT2D eigenvalue weighted by Gasteiger charge is 2.28. The van der Waals surface area contributed by atoms with Crippen LogP contribution in [-0.4, -0.2) is 72.0 Å². The van der Waals surface area contributed by atoms with Crippen molar-refractivity contribution in [3.05, 3.63) is 46.0 Å². The van der Waals surface area contributed by atoms with E-state index in [0.29, 0.717) is 37.2 Å². The number of piperidine rings is 1. The van der Waals surface area contributed by atoms with Crippen LogP contribution in [0.1, 0.15) is 32.3 Å². The van der Waals surface area contributed by atoms with Gasteiger partial charge in [-0.05, 0) is 55.7 Å². The summed E-state index contributed by atoms with van der Waals surface area (Å²) in [5.74, 6) is 1.03. The number of nitrogens with one attached hydrogen (secondary N) is 1. The summed E-state index contributed by atoms with van der Waals surface area (Å²) in [6, 6.07) is 7.51. The lowest BCUT2D eigenvalue weighted by atomic mass is 9.98. The molecule has 180 valence electrons. The minimum Gasteiger partial charge on any atom is -0.478 e. The molecule has 1 fully saturated rings. The summed E-state index contributed by atoms with van der Waals surface area (Å²) in [7, 11) is 2.82. The van der Waals surface area contributed by atoms with Crippen LogP contribution >= 0.6 is 11.8 Å². The number of rotatable bonds is 7. The van der Waals surface area contributed by atoms with E-state index in [1.165, 1.54) is 11.8 Å². The van der Waals surface area contributed by atoms with Gasteiger partial charge in [0.15, 0.2) is 0 Å². The number of ether oxygens (including phenoxy) is 2. The molecule has 0 radical (unpaired) electrons. The summed E-state index contributed by atoms with van der Waals surface area (Å²) in [4.78, 5) is 17.3. The van der Waals surface area contributed by atoms with Crippen LogP contribution in [0.3, 0.4) is 0 Å². The second-order valence-electron chi connectivity index (χ2n) is 8.71. The molecule has 1 unspecified atom stereocenters. The van der Waals surface area contributed by atoms with Gasteiger partial charge in [-0.3, -0.25) is 9.62 Å². The number of thioether (sulfide) groups is 1. The molecule has 1 atom stereocenters. The van der Waals surface area contributed by atoms with E-state index < -0.39 is 10.8 Å². The van der Waals surface area contributed by atoms with Crippen LogP contribution in [0.25, 0.3) is 5.57 Å². The topological polar surface area (TPSA) is 82.9 Å². The van der Waals surface area contributed by atoms with Gasteiger partial charge in [0.1, 0.15) is 0 Å². The van der Waals surface area contributed by atoms with E-state index in [1.54, 1.807) is 11.2 Å². The number of hydrogen-bond donors (Lipinski definition) is 1. The lowest BCUT2D eigenvalue weighted by Crippen LogP contribution is -2.40. The Balaban J connectivity index is 1.61. The Hall–Kier alpha value is -2.26. The van der Waals surface area contributed by atoms with Gasteiger partial charge < -0.3 is 19.3 Å². The molecule has 0 aliphatic carbocycles. The molecule has 1 aromatic rings. The van der Waals surface area contributed by atoms with Gasteiger partial charge in [0.05, 0.1) is 23.3 Å². The fourth-order valence-electron chi connectivity index (χ4n) is 3.71. The highest BCUT2D eigenvalue weighted by atomic mass is 32.2. The Morgan fingerprint density at radius 3 is 2.42 bits per heavy atom. The molecule has 0 bridgehead atoms. The second kappa shape index (κ2) is 11.2. The van der Waals surface area contributed by atoms with E-state index in [-0.39, 0.29) is 12.2 Å². The van der Waals surface area contributed by atoms with E-state index in [2.05, 4.69) is 0 Å². The van der Waals surface area contributed by atoms with Crippen molar-refractivity contribution in [3.63, 3.8) is 0 Å². The van der Waals surface area contributed by atoms with Crippen molar-refractivity contribution in [2.45, 2.75) is 37.7 Å². The van der Waals surface area contributed by atoms with E-state index in [0.717, 1.165) is 33.8 Å². The molecule has 1 amide bonds. The van der Waals surface area contributed by atoms with Gasteiger partial charge in [-0.25, -0.2) is 4.79 Å². The van der Waals surface area contributed by atoms with Gasteiger partial charge in [-0.1, -0.05) is 23.9 Å². The van der Waals surface area contributed by atoms with Crippen molar-refractivity contribution in [2.24, 2.45) is 5.92 Å². The van der Waals surface area contributed by atoms with Gasteiger partial charge in [-0.15, -0.1) is 0 Å². The van der Waals surface area contributed by atoms with Gasteiger partial charge in [0.2, 0.25) is 5.88 Å². The lowest BCUT2D eigenvalue weighted by Gasteiger charge is -2.32. The van der Waals surface area contributed by atoms with Crippen LogP contribution < -0.4 is 0 Å². The summed E-state index contributed by atoms with van der Waals surface area (Å²) in [5.41, 5.74) is 2.19. The maximum atomic E-state index is 12.1. The summed E-state index contributed by atoms with van der Waals surface area (Å²) in [6.45, 7) is 5.60. The van der Waals surface area contributed by atoms with Crippen molar-refractivity contribution in [2.75, 3.05) is 40.0 Å². The minimum atomic E-state index is -1.02. The maximum absolute atomic E-state index is 12.1. The third-order valence-electron chi connectivity index (χ3n) is 5.55. The van der Waals surface area contributed by atoms with E-state index in [9.17, 15) is 9.00 Å². The Labute approximate surface area is 203 Å². The summed E-state index contributed by atoms with van der Waals surface area (Å²) in [5, 5.41) is 10.7. The fourth-order valence-corrected chi connectivity index (χ4v) is 5.29. The molecule has 2 aliphatic rings. The quantitative estimate of drug-likeness (QED) is 0.564. The molecule has 3 rings (SSSR count). The Morgan fingerprint density at radius 1 is 1.24 bits per heavy atom. The normalized spacial score (nSPS) is 19.4. The number of amides is 1. The van der Waals surface area contributed by atoms with Crippen molar-refractivity contribution in [1.29, 1.82) is 5.41 Å². The number of allylic oxidation sites excluding steroid dienone is 2. The van der Waals surface area contributed by atoms with Crippen LogP contribution in [0.5, 0.6) is 0 Å². The predicted molar refractivity (Wildman–Crippen MR) is 135 cm³/mol. The van der Waals surface area contributed by atoms with E-state index in [4.69, 9.17) is 14.9 Å². The maximum Gasteiger partial charge on any atom is 0.410 e. The Bertz CT molecular complexity index is 962. The molecule has 9 heteroatoms. The molecule has 1 N–H and O–H groups in total. The number of benzene rings is 1. The van der Waals surface area contributed by atoms with Crippen molar-refractivity contribution < 1.29 is 18.5 Å². The number of hydrogen-bond acceptors (Lipinski definition) is 7. The number of likely N-dealkylation sites (tertiary alicyclic amines) is 1. The zero-order valence-corrected chi connectivity index (χ0v) is 21.6. The molecule has 7 nitrogen and oxygen atoms in total. The number of carbonyl (C=O) groups excluding carboxylic acids is 1. The van der Waals surface area contributed by atoms with Crippen LogP contribution in [0, 0.1) is 11.3 Å². The van der Waals surface area contributed by atoms with Gasteiger partial charge in [0.25, 0.3) is 0 Å². The first-order valence-corrected chi connectivity index (χ1v) is 13.5.